The number of aliphatic hydroxyl groups is 1. The summed E-state index contributed by atoms with van der Waals surface area (Å²) in [5.41, 5.74) is 3.55. The van der Waals surface area contributed by atoms with Crippen LogP contribution < -0.4 is 37.0 Å². The van der Waals surface area contributed by atoms with Gasteiger partial charge < -0.3 is 50.6 Å². The lowest BCUT2D eigenvalue weighted by Crippen LogP contribution is -2.52. The van der Waals surface area contributed by atoms with Gasteiger partial charge in [0.1, 0.15) is 25.2 Å². The number of halogens is 1. The number of rotatable bonds is 19. The summed E-state index contributed by atoms with van der Waals surface area (Å²) in [5, 5.41) is 25.0. The third-order valence-corrected chi connectivity index (χ3v) is 14.6. The molecule has 5 aromatic rings. The maximum absolute atomic E-state index is 15.5. The molecule has 0 bridgehead atoms. The number of ether oxygens (including phenoxy) is 2. The molecule has 3 aliphatic heterocycles. The van der Waals surface area contributed by atoms with E-state index in [1.165, 1.54) is 16.7 Å². The predicted molar refractivity (Wildman–Crippen MR) is 271 cm³/mol. The number of pyridine rings is 2. The molecule has 6 N–H and O–H groups in total. The van der Waals surface area contributed by atoms with E-state index < -0.39 is 71.1 Å². The smallest absolute Gasteiger partial charge is 0.343 e. The number of aryl methyl sites for hydroxylation is 2. The van der Waals surface area contributed by atoms with E-state index >= 15 is 4.39 Å². The van der Waals surface area contributed by atoms with Gasteiger partial charge >= 0.3 is 5.97 Å². The molecule has 19 nitrogen and oxygen atoms in total. The number of amides is 6. The third kappa shape index (κ3) is 10.5. The number of benzene rings is 3. The monoisotopic (exact) mass is 1020 g/mol. The summed E-state index contributed by atoms with van der Waals surface area (Å²) in [4.78, 5) is 110. The fourth-order valence-electron chi connectivity index (χ4n) is 10.4. The van der Waals surface area contributed by atoms with Crippen LogP contribution in [0.5, 0.6) is 0 Å². The average Bonchev–Trinajstić information content (AvgIpc) is 4.04. The van der Waals surface area contributed by atoms with Crippen molar-refractivity contribution >= 4 is 58.0 Å². The van der Waals surface area contributed by atoms with Gasteiger partial charge in [0.15, 0.2) is 5.60 Å². The Morgan fingerprint density at radius 3 is 2.33 bits per heavy atom. The molecule has 390 valence electrons. The summed E-state index contributed by atoms with van der Waals surface area (Å²) >= 11 is 0. The number of nitrogens with zero attached hydrogens (tertiary/aromatic N) is 3. The van der Waals surface area contributed by atoms with Gasteiger partial charge in [-0.1, -0.05) is 62.4 Å². The first kappa shape index (κ1) is 51.8. The highest BCUT2D eigenvalue weighted by molar-refractivity contribution is 6.04. The van der Waals surface area contributed by atoms with Crippen molar-refractivity contribution in [1.82, 2.24) is 36.1 Å². The Morgan fingerprint density at radius 2 is 1.60 bits per heavy atom. The van der Waals surface area contributed by atoms with Crippen LogP contribution in [0, 0.1) is 12.7 Å². The Hall–Kier alpha value is -8.10. The number of nitrogens with one attached hydrogen (secondary N) is 5. The predicted octanol–water partition coefficient (Wildman–Crippen LogP) is 2.43. The van der Waals surface area contributed by atoms with E-state index in [0.29, 0.717) is 48.3 Å². The zero-order chi connectivity index (χ0) is 53.2. The van der Waals surface area contributed by atoms with Gasteiger partial charge in [0.2, 0.25) is 29.5 Å². The SMILES string of the molecule is CC[C@@]1(O)C(=O)OCc2c1cc1n(c2=O)Cc2c-1nc1cc(F)c(C)c3c1c2C(C)(COCNC(=O)CNC(=O)[C@H](Cc1ccccc1)NC(=O)CNC(=O)CNC(=O)CCc1ccc(N2CC=CC2=O)cc1)CC3. The van der Waals surface area contributed by atoms with Gasteiger partial charge in [0.25, 0.3) is 11.5 Å². The van der Waals surface area contributed by atoms with Crippen molar-refractivity contribution in [2.24, 2.45) is 0 Å². The molecule has 0 radical (unpaired) electrons. The molecule has 20 heteroatoms. The Kier molecular flexibility index (Phi) is 14.8. The summed E-state index contributed by atoms with van der Waals surface area (Å²) in [6.45, 7) is 4.20. The van der Waals surface area contributed by atoms with E-state index in [1.807, 2.05) is 31.2 Å². The molecule has 0 saturated carbocycles. The molecular weight excluding hydrogens is 968 g/mol. The van der Waals surface area contributed by atoms with E-state index in [9.17, 15) is 43.5 Å². The maximum Gasteiger partial charge on any atom is 0.343 e. The van der Waals surface area contributed by atoms with Crippen molar-refractivity contribution in [1.29, 1.82) is 0 Å². The quantitative estimate of drug-likeness (QED) is 0.0389. The first-order chi connectivity index (χ1) is 36.0. The summed E-state index contributed by atoms with van der Waals surface area (Å²) in [7, 11) is 0. The van der Waals surface area contributed by atoms with Crippen LogP contribution in [-0.2, 0) is 86.5 Å². The maximum atomic E-state index is 15.5. The molecule has 1 unspecified atom stereocenters. The highest BCUT2D eigenvalue weighted by Crippen LogP contribution is 2.49. The molecular formula is C55H57FN8O11. The Morgan fingerprint density at radius 1 is 0.880 bits per heavy atom. The minimum atomic E-state index is -2.03. The van der Waals surface area contributed by atoms with E-state index in [1.54, 1.807) is 61.2 Å². The molecule has 75 heavy (non-hydrogen) atoms. The molecule has 0 spiro atoms. The highest BCUT2D eigenvalue weighted by Gasteiger charge is 2.47. The summed E-state index contributed by atoms with van der Waals surface area (Å²) < 4.78 is 28.4. The second kappa shape index (κ2) is 21.4. The largest absolute Gasteiger partial charge is 0.458 e. The highest BCUT2D eigenvalue weighted by atomic mass is 19.1. The van der Waals surface area contributed by atoms with Gasteiger partial charge in [-0.05, 0) is 78.6 Å². The number of fused-ring (bicyclic) bond motifs is 5. The van der Waals surface area contributed by atoms with Crippen molar-refractivity contribution in [2.45, 2.75) is 89.5 Å². The zero-order valence-electron chi connectivity index (χ0n) is 41.7. The molecule has 4 aliphatic rings. The number of carbonyl (C=O) groups excluding carboxylic acids is 7. The number of anilines is 1. The molecule has 0 saturated heterocycles. The van der Waals surface area contributed by atoms with Crippen LogP contribution in [0.3, 0.4) is 0 Å². The van der Waals surface area contributed by atoms with Crippen LogP contribution in [0.15, 0.2) is 83.7 Å². The van der Waals surface area contributed by atoms with Crippen molar-refractivity contribution in [3.05, 3.63) is 140 Å². The van der Waals surface area contributed by atoms with Crippen LogP contribution in [0.25, 0.3) is 22.3 Å². The normalized spacial score (nSPS) is 18.4. The second-order valence-electron chi connectivity index (χ2n) is 19.5. The van der Waals surface area contributed by atoms with Gasteiger partial charge in [-0.25, -0.2) is 14.2 Å². The fourth-order valence-corrected chi connectivity index (χ4v) is 10.4. The molecule has 1 aliphatic carbocycles. The van der Waals surface area contributed by atoms with E-state index in [0.717, 1.165) is 38.9 Å². The number of hydrogen-bond donors (Lipinski definition) is 6. The molecule has 6 amide bonds. The Bertz CT molecular complexity index is 3250. The first-order valence-electron chi connectivity index (χ1n) is 24.9. The third-order valence-electron chi connectivity index (χ3n) is 14.6. The summed E-state index contributed by atoms with van der Waals surface area (Å²) in [5.74, 6) is -4.28. The van der Waals surface area contributed by atoms with Crippen molar-refractivity contribution < 1.29 is 52.5 Å². The number of aromatic nitrogens is 2. The van der Waals surface area contributed by atoms with Crippen molar-refractivity contribution in [2.75, 3.05) is 44.4 Å². The molecule has 0 fully saturated rings. The number of esters is 1. The van der Waals surface area contributed by atoms with Crippen molar-refractivity contribution in [3.63, 3.8) is 0 Å². The lowest BCUT2D eigenvalue weighted by molar-refractivity contribution is -0.172. The Labute approximate surface area is 430 Å². The minimum absolute atomic E-state index is 0.0256. The second-order valence-corrected chi connectivity index (χ2v) is 19.5. The molecule has 3 aromatic carbocycles. The van der Waals surface area contributed by atoms with Crippen LogP contribution in [0.1, 0.15) is 77.6 Å². The van der Waals surface area contributed by atoms with Gasteiger partial charge in [0.05, 0.1) is 55.3 Å². The van der Waals surface area contributed by atoms with E-state index in [2.05, 4.69) is 26.6 Å². The summed E-state index contributed by atoms with van der Waals surface area (Å²) in [6.07, 6.45) is 4.88. The number of carbonyl (C=O) groups is 7. The van der Waals surface area contributed by atoms with Crippen molar-refractivity contribution in [3.8, 4) is 11.4 Å². The first-order valence-corrected chi connectivity index (χ1v) is 24.9. The van der Waals surface area contributed by atoms with Crippen LogP contribution in [0.2, 0.25) is 0 Å². The number of hydrogen-bond acceptors (Lipinski definition) is 12. The number of cyclic esters (lactones) is 1. The zero-order valence-corrected chi connectivity index (χ0v) is 41.7. The fraction of sp³-hybridized carbons (Fsp3) is 0.364. The Balaban J connectivity index is 0.780. The minimum Gasteiger partial charge on any atom is -0.458 e. The lowest BCUT2D eigenvalue weighted by atomic mass is 9.69. The topological polar surface area (TPSA) is 256 Å². The van der Waals surface area contributed by atoms with Crippen LogP contribution in [0.4, 0.5) is 10.1 Å². The van der Waals surface area contributed by atoms with Crippen LogP contribution in [-0.4, -0.2) is 102 Å². The van der Waals surface area contributed by atoms with Gasteiger partial charge in [-0.15, -0.1) is 0 Å². The van der Waals surface area contributed by atoms with Gasteiger partial charge in [0, 0.05) is 59.1 Å². The van der Waals surface area contributed by atoms with Gasteiger partial charge in [-0.3, -0.25) is 33.6 Å². The standard InChI is InChI=1S/C55H57FN8O11/c1-4-55(73)38-22-42-50-36(27-64(42)52(71)37(38)28-75-53(55)72)49-48-35(31(2)39(56)23-40(48)62-50)18-19-54(49,3)29-74-30-60-45(67)25-59-51(70)41(21-33-9-6-5-7-10-33)61-46(68)26-58-44(66)24-57-43(65)17-14-32-12-15-34(16-13-32)63-20-8-11-47(63)69/h5-13,15-16,22-23,41,73H,4,14,17-21,24-30H2,1-3H3,(H,57,65)(H,58,66)(H,59,70)(H,60,67)(H,61,68)/t41-,54?,55-/m0/s1. The molecule has 9 rings (SSSR count). The van der Waals surface area contributed by atoms with E-state index in [-0.39, 0.29) is 75.2 Å². The molecule has 5 heterocycles. The molecule has 2 aromatic heterocycles. The average molecular weight is 1030 g/mol. The van der Waals surface area contributed by atoms with Gasteiger partial charge in [-0.2, -0.15) is 0 Å². The summed E-state index contributed by atoms with van der Waals surface area (Å²) in [6, 6.07) is 18.1. The lowest BCUT2D eigenvalue weighted by Gasteiger charge is -2.37. The molecule has 3 atom stereocenters. The van der Waals surface area contributed by atoms with E-state index in [4.69, 9.17) is 14.5 Å². The van der Waals surface area contributed by atoms with Crippen LogP contribution >= 0.6 is 0 Å².